The Labute approximate surface area is 120 Å². The van der Waals surface area contributed by atoms with Crippen LogP contribution in [0.5, 0.6) is 5.75 Å². The maximum atomic E-state index is 11.9. The van der Waals surface area contributed by atoms with E-state index in [2.05, 4.69) is 15.9 Å². The molecule has 1 aromatic carbocycles. The lowest BCUT2D eigenvalue weighted by molar-refractivity contribution is -0.166. The van der Waals surface area contributed by atoms with Gasteiger partial charge in [-0.2, -0.15) is 0 Å². The van der Waals surface area contributed by atoms with Crippen molar-refractivity contribution < 1.29 is 19.4 Å². The average molecular weight is 329 g/mol. The molecule has 0 radical (unpaired) electrons. The molecule has 1 fully saturated rings. The third-order valence-electron chi connectivity index (χ3n) is 3.41. The minimum absolute atomic E-state index is 0.101. The van der Waals surface area contributed by atoms with E-state index in [1.54, 1.807) is 13.2 Å². The Morgan fingerprint density at radius 3 is 2.74 bits per heavy atom. The van der Waals surface area contributed by atoms with Crippen LogP contribution in [0.25, 0.3) is 0 Å². The number of hydrogen-bond donors (Lipinski definition) is 1. The van der Waals surface area contributed by atoms with E-state index < -0.39 is 11.6 Å². The molecule has 1 aliphatic rings. The first-order valence-electron chi connectivity index (χ1n) is 6.27. The standard InChI is InChI=1S/C14H17BrO4/c1-18-12-5-4-11(15)8-10(12)9-19-13(16)14(17)6-2-3-7-14/h4-5,8,17H,2-3,6-7,9H2,1H3. The summed E-state index contributed by atoms with van der Waals surface area (Å²) in [4.78, 5) is 11.9. The van der Waals surface area contributed by atoms with Crippen molar-refractivity contribution in [1.29, 1.82) is 0 Å². The van der Waals surface area contributed by atoms with E-state index in [1.807, 2.05) is 12.1 Å². The van der Waals surface area contributed by atoms with Gasteiger partial charge < -0.3 is 14.6 Å². The number of halogens is 1. The predicted molar refractivity (Wildman–Crippen MR) is 73.9 cm³/mol. The van der Waals surface area contributed by atoms with E-state index in [0.29, 0.717) is 18.6 Å². The maximum Gasteiger partial charge on any atom is 0.338 e. The number of hydrogen-bond acceptors (Lipinski definition) is 4. The van der Waals surface area contributed by atoms with Crippen LogP contribution in [0.3, 0.4) is 0 Å². The molecule has 0 aliphatic heterocycles. The molecule has 0 saturated heterocycles. The lowest BCUT2D eigenvalue weighted by Gasteiger charge is -2.20. The molecular weight excluding hydrogens is 312 g/mol. The first-order chi connectivity index (χ1) is 9.05. The summed E-state index contributed by atoms with van der Waals surface area (Å²) in [7, 11) is 1.57. The van der Waals surface area contributed by atoms with Gasteiger partial charge in [-0.15, -0.1) is 0 Å². The summed E-state index contributed by atoms with van der Waals surface area (Å²) in [6, 6.07) is 5.50. The lowest BCUT2D eigenvalue weighted by Crippen LogP contribution is -2.36. The summed E-state index contributed by atoms with van der Waals surface area (Å²) in [5, 5.41) is 10.1. The van der Waals surface area contributed by atoms with Crippen molar-refractivity contribution in [2.24, 2.45) is 0 Å². The molecule has 1 saturated carbocycles. The average Bonchev–Trinajstić information content (AvgIpc) is 2.84. The summed E-state index contributed by atoms with van der Waals surface area (Å²) in [6.07, 6.45) is 2.71. The molecule has 5 heteroatoms. The van der Waals surface area contributed by atoms with Crippen LogP contribution in [0, 0.1) is 0 Å². The monoisotopic (exact) mass is 328 g/mol. The third kappa shape index (κ3) is 3.28. The molecule has 0 spiro atoms. The van der Waals surface area contributed by atoms with Gasteiger partial charge in [-0.3, -0.25) is 0 Å². The van der Waals surface area contributed by atoms with Gasteiger partial charge in [0.25, 0.3) is 0 Å². The Hall–Kier alpha value is -1.07. The normalized spacial score (nSPS) is 17.2. The zero-order chi connectivity index (χ0) is 13.9. The first kappa shape index (κ1) is 14.3. The van der Waals surface area contributed by atoms with Crippen molar-refractivity contribution in [3.8, 4) is 5.75 Å². The van der Waals surface area contributed by atoms with Crippen LogP contribution < -0.4 is 4.74 Å². The van der Waals surface area contributed by atoms with Crippen LogP contribution in [0.2, 0.25) is 0 Å². The quantitative estimate of drug-likeness (QED) is 0.863. The number of ether oxygens (including phenoxy) is 2. The van der Waals surface area contributed by atoms with Crippen molar-refractivity contribution in [3.63, 3.8) is 0 Å². The first-order valence-corrected chi connectivity index (χ1v) is 7.06. The summed E-state index contributed by atoms with van der Waals surface area (Å²) in [5.74, 6) is 0.126. The van der Waals surface area contributed by atoms with Gasteiger partial charge in [0.1, 0.15) is 12.4 Å². The molecular formula is C14H17BrO4. The Kier molecular flexibility index (Phi) is 4.47. The molecule has 2 rings (SSSR count). The smallest absolute Gasteiger partial charge is 0.338 e. The number of aliphatic hydroxyl groups is 1. The number of carbonyl (C=O) groups is 1. The largest absolute Gasteiger partial charge is 0.496 e. The molecule has 19 heavy (non-hydrogen) atoms. The van der Waals surface area contributed by atoms with Crippen LogP contribution in [-0.4, -0.2) is 23.8 Å². The third-order valence-corrected chi connectivity index (χ3v) is 3.91. The number of carbonyl (C=O) groups excluding carboxylic acids is 1. The highest BCUT2D eigenvalue weighted by Gasteiger charge is 2.40. The van der Waals surface area contributed by atoms with Crippen LogP contribution in [0.4, 0.5) is 0 Å². The SMILES string of the molecule is COc1ccc(Br)cc1COC(=O)C1(O)CCCC1. The molecule has 0 amide bonds. The number of esters is 1. The summed E-state index contributed by atoms with van der Waals surface area (Å²) in [6.45, 7) is 0.101. The summed E-state index contributed by atoms with van der Waals surface area (Å²) in [5.41, 5.74) is -0.522. The highest BCUT2D eigenvalue weighted by atomic mass is 79.9. The van der Waals surface area contributed by atoms with E-state index in [9.17, 15) is 9.90 Å². The van der Waals surface area contributed by atoms with Crippen LogP contribution >= 0.6 is 15.9 Å². The molecule has 4 nitrogen and oxygen atoms in total. The van der Waals surface area contributed by atoms with Gasteiger partial charge in [-0.1, -0.05) is 15.9 Å². The van der Waals surface area contributed by atoms with Crippen molar-refractivity contribution in [1.82, 2.24) is 0 Å². The van der Waals surface area contributed by atoms with E-state index in [0.717, 1.165) is 22.9 Å². The molecule has 1 aliphatic carbocycles. The fourth-order valence-electron chi connectivity index (χ4n) is 2.30. The van der Waals surface area contributed by atoms with Gasteiger partial charge in [0.2, 0.25) is 0 Å². The zero-order valence-electron chi connectivity index (χ0n) is 10.8. The van der Waals surface area contributed by atoms with Crippen molar-refractivity contribution >= 4 is 21.9 Å². The Balaban J connectivity index is 2.02. The van der Waals surface area contributed by atoms with Gasteiger partial charge in [0, 0.05) is 10.0 Å². The number of methoxy groups -OCH3 is 1. The highest BCUT2D eigenvalue weighted by Crippen LogP contribution is 2.31. The molecule has 104 valence electrons. The Morgan fingerprint density at radius 1 is 1.42 bits per heavy atom. The Morgan fingerprint density at radius 2 is 2.11 bits per heavy atom. The second-order valence-corrected chi connectivity index (χ2v) is 5.69. The minimum Gasteiger partial charge on any atom is -0.496 e. The second-order valence-electron chi connectivity index (χ2n) is 4.77. The van der Waals surface area contributed by atoms with E-state index in [1.165, 1.54) is 0 Å². The highest BCUT2D eigenvalue weighted by molar-refractivity contribution is 9.10. The predicted octanol–water partition coefficient (Wildman–Crippen LogP) is 2.81. The van der Waals surface area contributed by atoms with E-state index in [4.69, 9.17) is 9.47 Å². The van der Waals surface area contributed by atoms with Gasteiger partial charge in [0.05, 0.1) is 7.11 Å². The van der Waals surface area contributed by atoms with E-state index in [-0.39, 0.29) is 6.61 Å². The minimum atomic E-state index is -1.29. The van der Waals surface area contributed by atoms with Crippen LogP contribution in [0.15, 0.2) is 22.7 Å². The lowest BCUT2D eigenvalue weighted by atomic mass is 10.0. The fourth-order valence-corrected chi connectivity index (χ4v) is 2.71. The number of rotatable bonds is 4. The molecule has 1 N–H and O–H groups in total. The van der Waals surface area contributed by atoms with Crippen LogP contribution in [-0.2, 0) is 16.1 Å². The van der Waals surface area contributed by atoms with Crippen LogP contribution in [0.1, 0.15) is 31.2 Å². The van der Waals surface area contributed by atoms with Crippen molar-refractivity contribution in [3.05, 3.63) is 28.2 Å². The van der Waals surface area contributed by atoms with Gasteiger partial charge in [-0.05, 0) is 43.9 Å². The molecule has 0 heterocycles. The van der Waals surface area contributed by atoms with Gasteiger partial charge in [0.15, 0.2) is 5.60 Å². The fraction of sp³-hybridized carbons (Fsp3) is 0.500. The molecule has 0 unspecified atom stereocenters. The Bertz CT molecular complexity index is 467. The van der Waals surface area contributed by atoms with Crippen molar-refractivity contribution in [2.75, 3.05) is 7.11 Å². The molecule has 0 atom stereocenters. The van der Waals surface area contributed by atoms with Crippen molar-refractivity contribution in [2.45, 2.75) is 37.9 Å². The van der Waals surface area contributed by atoms with E-state index >= 15 is 0 Å². The number of benzene rings is 1. The second kappa shape index (κ2) is 5.92. The molecule has 0 aromatic heterocycles. The summed E-state index contributed by atoms with van der Waals surface area (Å²) >= 11 is 3.36. The van der Waals surface area contributed by atoms with Gasteiger partial charge >= 0.3 is 5.97 Å². The molecule has 0 bridgehead atoms. The summed E-state index contributed by atoms with van der Waals surface area (Å²) < 4.78 is 11.3. The zero-order valence-corrected chi connectivity index (χ0v) is 12.4. The maximum absolute atomic E-state index is 11.9. The van der Waals surface area contributed by atoms with Gasteiger partial charge in [-0.25, -0.2) is 4.79 Å². The topological polar surface area (TPSA) is 55.8 Å². The molecule has 1 aromatic rings.